The van der Waals surface area contributed by atoms with Gasteiger partial charge in [-0.3, -0.25) is 9.47 Å². The summed E-state index contributed by atoms with van der Waals surface area (Å²) in [5.41, 5.74) is 0.529. The van der Waals surface area contributed by atoms with Crippen molar-refractivity contribution in [3.63, 3.8) is 0 Å². The lowest BCUT2D eigenvalue weighted by Gasteiger charge is -2.26. The molecule has 1 fully saturated rings. The first-order valence-electron chi connectivity index (χ1n) is 12.3. The van der Waals surface area contributed by atoms with Crippen molar-refractivity contribution in [1.82, 2.24) is 14.1 Å². The third-order valence-electron chi connectivity index (χ3n) is 6.22. The molecular formula is C26H33ClN4O4. The number of nitrogens with zero attached hydrogens (tertiary/aromatic N) is 4. The quantitative estimate of drug-likeness (QED) is 0.284. The fourth-order valence-corrected chi connectivity index (χ4v) is 4.32. The molecule has 0 atom stereocenters. The summed E-state index contributed by atoms with van der Waals surface area (Å²) in [4.78, 5) is 15.1. The first kappa shape index (κ1) is 25.3. The van der Waals surface area contributed by atoms with E-state index in [1.54, 1.807) is 18.2 Å². The van der Waals surface area contributed by atoms with Crippen molar-refractivity contribution in [2.75, 3.05) is 32.8 Å². The lowest BCUT2D eigenvalue weighted by atomic mass is 10.1. The van der Waals surface area contributed by atoms with Crippen LogP contribution in [0.3, 0.4) is 0 Å². The number of furan rings is 1. The molecule has 1 N–H and O–H groups in total. The molecule has 0 aliphatic carbocycles. The van der Waals surface area contributed by atoms with E-state index in [-0.39, 0.29) is 11.6 Å². The van der Waals surface area contributed by atoms with Gasteiger partial charge in [0.25, 0.3) is 0 Å². The lowest BCUT2D eigenvalue weighted by molar-refractivity contribution is 0.0371. The number of benzene rings is 1. The molecule has 1 aromatic carbocycles. The Balaban J connectivity index is 1.20. The Morgan fingerprint density at radius 3 is 2.37 bits per heavy atom. The molecule has 188 valence electrons. The van der Waals surface area contributed by atoms with Crippen LogP contribution >= 0.6 is 11.6 Å². The number of morpholine rings is 1. The molecule has 0 saturated carbocycles. The topological polar surface area (TPSA) is 85.1 Å². The number of imidazole rings is 1. The number of hydrogen-bond acceptors (Lipinski definition) is 6. The molecule has 3 heterocycles. The van der Waals surface area contributed by atoms with E-state index in [0.717, 1.165) is 62.4 Å². The molecule has 1 aliphatic rings. The number of aromatic hydroxyl groups is 1. The maximum Gasteiger partial charge on any atom is 0.351 e. The summed E-state index contributed by atoms with van der Waals surface area (Å²) in [7, 11) is 0. The van der Waals surface area contributed by atoms with Crippen molar-refractivity contribution in [2.24, 2.45) is 5.10 Å². The van der Waals surface area contributed by atoms with Crippen LogP contribution in [0.5, 0.6) is 5.88 Å². The molecule has 3 aromatic rings. The van der Waals surface area contributed by atoms with Crippen molar-refractivity contribution in [3.05, 3.63) is 63.9 Å². The predicted octanol–water partition coefficient (Wildman–Crippen LogP) is 4.82. The van der Waals surface area contributed by atoms with Gasteiger partial charge in [-0.25, -0.2) is 4.79 Å². The van der Waals surface area contributed by atoms with E-state index < -0.39 is 0 Å². The van der Waals surface area contributed by atoms with Gasteiger partial charge in [0.2, 0.25) is 5.88 Å². The highest BCUT2D eigenvalue weighted by Crippen LogP contribution is 2.23. The first-order chi connectivity index (χ1) is 17.1. The fraction of sp³-hybridized carbons (Fsp3) is 0.462. The zero-order chi connectivity index (χ0) is 24.5. The van der Waals surface area contributed by atoms with E-state index in [9.17, 15) is 9.90 Å². The molecule has 1 saturated heterocycles. The number of aromatic nitrogens is 2. The van der Waals surface area contributed by atoms with Crippen molar-refractivity contribution in [1.29, 1.82) is 0 Å². The average molecular weight is 501 g/mol. The van der Waals surface area contributed by atoms with Crippen molar-refractivity contribution in [2.45, 2.75) is 45.1 Å². The van der Waals surface area contributed by atoms with Crippen molar-refractivity contribution in [3.8, 4) is 17.2 Å². The standard InChI is InChI=1S/C26H33ClN4O4/c27-22-9-7-21(8-10-22)24-12-11-23(35-24)19-28-31-20-25(32)30(26(31)33)14-6-4-2-1-3-5-13-29-15-17-34-18-16-29/h7-12,19-20,32H,1-6,13-18H2. The van der Waals surface area contributed by atoms with Gasteiger partial charge in [0.1, 0.15) is 11.5 Å². The van der Waals surface area contributed by atoms with E-state index in [2.05, 4.69) is 10.0 Å². The molecule has 0 spiro atoms. The normalized spacial score (nSPS) is 14.8. The SMILES string of the molecule is O=c1n(N=Cc2ccc(-c3ccc(Cl)cc3)o2)cc(O)n1CCCCCCCCN1CCOCC1. The monoisotopic (exact) mass is 500 g/mol. The van der Waals surface area contributed by atoms with Gasteiger partial charge in [0, 0.05) is 30.2 Å². The molecule has 9 heteroatoms. The second kappa shape index (κ2) is 12.8. The molecule has 1 aliphatic heterocycles. The summed E-state index contributed by atoms with van der Waals surface area (Å²) in [6.07, 6.45) is 9.42. The summed E-state index contributed by atoms with van der Waals surface area (Å²) < 4.78 is 13.6. The second-order valence-corrected chi connectivity index (χ2v) is 9.23. The lowest BCUT2D eigenvalue weighted by Crippen LogP contribution is -2.36. The van der Waals surface area contributed by atoms with Crippen LogP contribution in [0.25, 0.3) is 11.3 Å². The van der Waals surface area contributed by atoms with Crippen LogP contribution in [0.4, 0.5) is 0 Å². The van der Waals surface area contributed by atoms with Gasteiger partial charge < -0.3 is 14.3 Å². The largest absolute Gasteiger partial charge is 0.493 e. The van der Waals surface area contributed by atoms with E-state index >= 15 is 0 Å². The number of unbranched alkanes of at least 4 members (excludes halogenated alkanes) is 5. The third kappa shape index (κ3) is 7.34. The third-order valence-corrected chi connectivity index (χ3v) is 6.47. The molecule has 2 aromatic heterocycles. The van der Waals surface area contributed by atoms with Crippen LogP contribution < -0.4 is 5.69 Å². The van der Waals surface area contributed by atoms with Gasteiger partial charge in [-0.2, -0.15) is 9.78 Å². The molecule has 0 radical (unpaired) electrons. The van der Waals surface area contributed by atoms with E-state index in [4.69, 9.17) is 20.8 Å². The summed E-state index contributed by atoms with van der Waals surface area (Å²) in [6.45, 7) is 5.44. The summed E-state index contributed by atoms with van der Waals surface area (Å²) in [5.74, 6) is 1.10. The highest BCUT2D eigenvalue weighted by atomic mass is 35.5. The van der Waals surface area contributed by atoms with Crippen molar-refractivity contribution < 1.29 is 14.3 Å². The van der Waals surface area contributed by atoms with Gasteiger partial charge in [0.15, 0.2) is 0 Å². The van der Waals surface area contributed by atoms with E-state index in [0.29, 0.717) is 23.1 Å². The van der Waals surface area contributed by atoms with Gasteiger partial charge in [0.05, 0.1) is 25.6 Å². The summed E-state index contributed by atoms with van der Waals surface area (Å²) >= 11 is 5.93. The zero-order valence-electron chi connectivity index (χ0n) is 19.9. The first-order valence-corrected chi connectivity index (χ1v) is 12.7. The molecule has 35 heavy (non-hydrogen) atoms. The predicted molar refractivity (Wildman–Crippen MR) is 137 cm³/mol. The minimum atomic E-state index is -0.367. The van der Waals surface area contributed by atoms with Crippen molar-refractivity contribution >= 4 is 17.8 Å². The molecule has 4 rings (SSSR count). The maximum absolute atomic E-state index is 12.6. The Kier molecular flexibility index (Phi) is 9.22. The zero-order valence-corrected chi connectivity index (χ0v) is 20.7. The van der Waals surface area contributed by atoms with Crippen LogP contribution in [0.1, 0.15) is 44.3 Å². The van der Waals surface area contributed by atoms with Gasteiger partial charge >= 0.3 is 5.69 Å². The Labute approximate surface area is 210 Å². The molecule has 0 amide bonds. The Morgan fingerprint density at radius 2 is 1.63 bits per heavy atom. The Bertz CT molecular complexity index is 1140. The molecule has 0 unspecified atom stereocenters. The van der Waals surface area contributed by atoms with Crippen LogP contribution in [-0.4, -0.2) is 58.3 Å². The highest BCUT2D eigenvalue weighted by molar-refractivity contribution is 6.30. The van der Waals surface area contributed by atoms with Crippen LogP contribution in [0.2, 0.25) is 5.02 Å². The molecule has 0 bridgehead atoms. The van der Waals surface area contributed by atoms with Crippen LogP contribution in [-0.2, 0) is 11.3 Å². The Hall–Kier alpha value is -2.81. The minimum Gasteiger partial charge on any atom is -0.493 e. The summed E-state index contributed by atoms with van der Waals surface area (Å²) in [6, 6.07) is 10.9. The summed E-state index contributed by atoms with van der Waals surface area (Å²) in [5, 5.41) is 15.0. The van der Waals surface area contributed by atoms with Crippen LogP contribution in [0.15, 0.2) is 56.9 Å². The number of rotatable bonds is 12. The minimum absolute atomic E-state index is 0.0843. The van der Waals surface area contributed by atoms with Gasteiger partial charge in [-0.05, 0) is 55.8 Å². The number of hydrogen-bond donors (Lipinski definition) is 1. The highest BCUT2D eigenvalue weighted by Gasteiger charge is 2.11. The van der Waals surface area contributed by atoms with E-state index in [1.165, 1.54) is 36.2 Å². The second-order valence-electron chi connectivity index (χ2n) is 8.79. The number of halogens is 1. The maximum atomic E-state index is 12.6. The average Bonchev–Trinajstić information content (AvgIpc) is 3.45. The molecule has 8 nitrogen and oxygen atoms in total. The smallest absolute Gasteiger partial charge is 0.351 e. The number of ether oxygens (including phenoxy) is 1. The van der Waals surface area contributed by atoms with Gasteiger partial charge in [-0.1, -0.05) is 37.3 Å². The van der Waals surface area contributed by atoms with E-state index in [1.807, 2.05) is 18.2 Å². The fourth-order valence-electron chi connectivity index (χ4n) is 4.20. The Morgan fingerprint density at radius 1 is 0.943 bits per heavy atom. The molecular weight excluding hydrogens is 468 g/mol. The van der Waals surface area contributed by atoms with Gasteiger partial charge in [-0.15, -0.1) is 0 Å². The van der Waals surface area contributed by atoms with Crippen LogP contribution in [0, 0.1) is 0 Å².